The highest BCUT2D eigenvalue weighted by Gasteiger charge is 2.26. The molecule has 1 aliphatic rings. The Bertz CT molecular complexity index is 651. The van der Waals surface area contributed by atoms with Crippen LogP contribution in [0.3, 0.4) is 0 Å². The summed E-state index contributed by atoms with van der Waals surface area (Å²) in [5.41, 5.74) is 0.841. The van der Waals surface area contributed by atoms with E-state index < -0.39 is 5.60 Å². The fourth-order valence-corrected chi connectivity index (χ4v) is 4.45. The summed E-state index contributed by atoms with van der Waals surface area (Å²) in [6, 6.07) is 0. The molecule has 0 heterocycles. The van der Waals surface area contributed by atoms with Gasteiger partial charge in [0, 0.05) is 16.7 Å². The van der Waals surface area contributed by atoms with Crippen LogP contribution < -0.4 is 0 Å². The number of hydrogen-bond acceptors (Lipinski definition) is 3. The van der Waals surface area contributed by atoms with Crippen LogP contribution in [0.5, 0.6) is 0 Å². The molecule has 1 N–H and O–H groups in total. The average Bonchev–Trinajstić information content (AvgIpc) is 2.67. The largest absolute Gasteiger partial charge is 0.390 e. The summed E-state index contributed by atoms with van der Waals surface area (Å²) in [7, 11) is 0. The fourth-order valence-electron chi connectivity index (χ4n) is 4.45. The van der Waals surface area contributed by atoms with Gasteiger partial charge in [-0.3, -0.25) is 9.59 Å². The van der Waals surface area contributed by atoms with E-state index in [-0.39, 0.29) is 11.6 Å². The quantitative estimate of drug-likeness (QED) is 0.275. The van der Waals surface area contributed by atoms with Crippen molar-refractivity contribution in [2.45, 2.75) is 125 Å². The molecule has 0 aromatic rings. The molecule has 1 aliphatic carbocycles. The molecule has 0 aromatic carbocycles. The topological polar surface area (TPSA) is 54.4 Å². The predicted octanol–water partition coefficient (Wildman–Crippen LogP) is 7.37. The summed E-state index contributed by atoms with van der Waals surface area (Å²) in [6.07, 6.45) is 13.3. The molecule has 0 spiro atoms. The average molecular weight is 433 g/mol. The van der Waals surface area contributed by atoms with Crippen molar-refractivity contribution in [2.24, 2.45) is 17.8 Å². The van der Waals surface area contributed by atoms with E-state index >= 15 is 0 Å². The summed E-state index contributed by atoms with van der Waals surface area (Å²) in [4.78, 5) is 24.4. The summed E-state index contributed by atoms with van der Waals surface area (Å²) >= 11 is 0. The molecular weight excluding hydrogens is 384 g/mol. The Morgan fingerprint density at radius 1 is 0.806 bits per heavy atom. The van der Waals surface area contributed by atoms with Gasteiger partial charge in [-0.1, -0.05) is 79.1 Å². The van der Waals surface area contributed by atoms with Gasteiger partial charge in [-0.15, -0.1) is 0 Å². The minimum absolute atomic E-state index is 0.0417. The maximum absolute atomic E-state index is 12.4. The number of aliphatic hydroxyl groups is 1. The second-order valence-electron chi connectivity index (χ2n) is 11.0. The summed E-state index contributed by atoms with van der Waals surface area (Å²) in [5.74, 6) is 2.22. The third-order valence-electron chi connectivity index (χ3n) is 7.09. The summed E-state index contributed by atoms with van der Waals surface area (Å²) in [5, 5.41) is 10.8. The van der Waals surface area contributed by atoms with Crippen molar-refractivity contribution in [1.29, 1.82) is 0 Å². The molecule has 0 bridgehead atoms. The third-order valence-corrected chi connectivity index (χ3v) is 7.09. The van der Waals surface area contributed by atoms with Crippen LogP contribution in [0.2, 0.25) is 0 Å². The smallest absolute Gasteiger partial charge is 0.185 e. The molecule has 3 heteroatoms. The number of hydrogen-bond donors (Lipinski definition) is 1. The molecule has 0 saturated carbocycles. The standard InChI is InChI=1S/C28H48O3/c1-20(2)11-8-12-21(3)13-9-14-22(4)15-10-17-28(7,31)18-16-25-19-26(29)23(5)24(6)27(25)30/h19-22,31H,8-18H2,1-7H3. The first-order valence-electron chi connectivity index (χ1n) is 12.6. The van der Waals surface area contributed by atoms with E-state index in [0.29, 0.717) is 35.5 Å². The molecule has 0 radical (unpaired) electrons. The first-order chi connectivity index (χ1) is 14.4. The van der Waals surface area contributed by atoms with Crippen molar-refractivity contribution < 1.29 is 14.7 Å². The molecule has 31 heavy (non-hydrogen) atoms. The van der Waals surface area contributed by atoms with Crippen molar-refractivity contribution in [3.63, 3.8) is 0 Å². The zero-order valence-electron chi connectivity index (χ0n) is 21.4. The third kappa shape index (κ3) is 10.8. The number of allylic oxidation sites excluding steroid dienone is 4. The fraction of sp³-hybridized carbons (Fsp3) is 0.786. The minimum atomic E-state index is -0.793. The maximum Gasteiger partial charge on any atom is 0.185 e. The molecule has 1 rings (SSSR count). The number of carbonyl (C=O) groups excluding carboxylic acids is 2. The maximum atomic E-state index is 12.4. The van der Waals surface area contributed by atoms with Gasteiger partial charge in [0.15, 0.2) is 11.6 Å². The molecular formula is C28H48O3. The molecule has 0 fully saturated rings. The molecule has 3 atom stereocenters. The van der Waals surface area contributed by atoms with E-state index in [1.54, 1.807) is 13.8 Å². The Balaban J connectivity index is 2.25. The highest BCUT2D eigenvalue weighted by atomic mass is 16.3. The first-order valence-corrected chi connectivity index (χ1v) is 12.6. The number of Topliss-reactive ketones (excluding diaryl/α,β-unsaturated/α-hetero) is 1. The second kappa shape index (κ2) is 13.4. The van der Waals surface area contributed by atoms with Gasteiger partial charge in [0.05, 0.1) is 5.60 Å². The van der Waals surface area contributed by atoms with Gasteiger partial charge in [0.2, 0.25) is 0 Å². The van der Waals surface area contributed by atoms with Crippen LogP contribution in [0.25, 0.3) is 0 Å². The molecule has 0 aliphatic heterocycles. The summed E-state index contributed by atoms with van der Waals surface area (Å²) in [6.45, 7) is 14.6. The van der Waals surface area contributed by atoms with Gasteiger partial charge in [-0.2, -0.15) is 0 Å². The Labute approximate surface area is 191 Å². The van der Waals surface area contributed by atoms with Gasteiger partial charge in [-0.25, -0.2) is 0 Å². The Morgan fingerprint density at radius 3 is 1.87 bits per heavy atom. The lowest BCUT2D eigenvalue weighted by Crippen LogP contribution is -2.26. The van der Waals surface area contributed by atoms with Crippen molar-refractivity contribution in [1.82, 2.24) is 0 Å². The Hall–Kier alpha value is -1.22. The van der Waals surface area contributed by atoms with Crippen LogP contribution >= 0.6 is 0 Å². The highest BCUT2D eigenvalue weighted by Crippen LogP contribution is 2.28. The normalized spacial score (nSPS) is 18.9. The highest BCUT2D eigenvalue weighted by molar-refractivity contribution is 6.22. The van der Waals surface area contributed by atoms with Crippen molar-refractivity contribution in [2.75, 3.05) is 0 Å². The van der Waals surface area contributed by atoms with Gasteiger partial charge in [-0.05, 0) is 63.9 Å². The van der Waals surface area contributed by atoms with E-state index in [9.17, 15) is 14.7 Å². The van der Waals surface area contributed by atoms with Crippen LogP contribution in [0.15, 0.2) is 22.8 Å². The van der Waals surface area contributed by atoms with Crippen molar-refractivity contribution >= 4 is 11.6 Å². The van der Waals surface area contributed by atoms with Crippen LogP contribution in [-0.2, 0) is 9.59 Å². The Morgan fingerprint density at radius 2 is 1.32 bits per heavy atom. The molecule has 3 unspecified atom stereocenters. The van der Waals surface area contributed by atoms with E-state index in [2.05, 4.69) is 27.7 Å². The van der Waals surface area contributed by atoms with E-state index in [1.165, 1.54) is 44.6 Å². The van der Waals surface area contributed by atoms with Gasteiger partial charge in [0.1, 0.15) is 0 Å². The van der Waals surface area contributed by atoms with Crippen molar-refractivity contribution in [3.05, 3.63) is 22.8 Å². The number of carbonyl (C=O) groups is 2. The van der Waals surface area contributed by atoms with E-state index in [1.807, 2.05) is 6.92 Å². The second-order valence-corrected chi connectivity index (χ2v) is 11.0. The molecule has 0 amide bonds. The molecule has 3 nitrogen and oxygen atoms in total. The van der Waals surface area contributed by atoms with Crippen LogP contribution in [0.1, 0.15) is 119 Å². The zero-order chi connectivity index (χ0) is 23.6. The van der Waals surface area contributed by atoms with E-state index in [0.717, 1.165) is 31.1 Å². The Kier molecular flexibility index (Phi) is 12.0. The zero-order valence-corrected chi connectivity index (χ0v) is 21.4. The lowest BCUT2D eigenvalue weighted by molar-refractivity contribution is -0.116. The molecule has 0 saturated heterocycles. The van der Waals surface area contributed by atoms with Crippen LogP contribution in [0, 0.1) is 17.8 Å². The predicted molar refractivity (Wildman–Crippen MR) is 131 cm³/mol. The molecule has 0 aromatic heterocycles. The minimum Gasteiger partial charge on any atom is -0.390 e. The lowest BCUT2D eigenvalue weighted by Gasteiger charge is -2.25. The SMILES string of the molecule is CC1=C(C)C(=O)C(CCC(C)(O)CCCC(C)CCCC(C)CCCC(C)C)=CC1=O. The van der Waals surface area contributed by atoms with Crippen LogP contribution in [-0.4, -0.2) is 22.3 Å². The van der Waals surface area contributed by atoms with Gasteiger partial charge < -0.3 is 5.11 Å². The van der Waals surface area contributed by atoms with Gasteiger partial charge in [0.25, 0.3) is 0 Å². The lowest BCUT2D eigenvalue weighted by atomic mass is 9.84. The van der Waals surface area contributed by atoms with Crippen molar-refractivity contribution in [3.8, 4) is 0 Å². The first kappa shape index (κ1) is 27.8. The van der Waals surface area contributed by atoms with E-state index in [4.69, 9.17) is 0 Å². The van der Waals surface area contributed by atoms with Gasteiger partial charge >= 0.3 is 0 Å². The molecule has 178 valence electrons. The van der Waals surface area contributed by atoms with Crippen LogP contribution in [0.4, 0.5) is 0 Å². The number of ketones is 2. The summed E-state index contributed by atoms with van der Waals surface area (Å²) < 4.78 is 0. The number of rotatable bonds is 15. The monoisotopic (exact) mass is 432 g/mol.